The van der Waals surface area contributed by atoms with Crippen LogP contribution in [0.25, 0.3) is 0 Å². The smallest absolute Gasteiger partial charge is 0.309 e. The highest BCUT2D eigenvalue weighted by atomic mass is 16.5. The van der Waals surface area contributed by atoms with Gasteiger partial charge in [-0.05, 0) is 19.4 Å². The van der Waals surface area contributed by atoms with Gasteiger partial charge in [-0.25, -0.2) is 4.98 Å². The highest BCUT2D eigenvalue weighted by Gasteiger charge is 2.26. The number of rotatable bonds is 4. The fourth-order valence-corrected chi connectivity index (χ4v) is 2.51. The normalized spacial score (nSPS) is 20.9. The summed E-state index contributed by atoms with van der Waals surface area (Å²) in [6, 6.07) is 0. The lowest BCUT2D eigenvalue weighted by Gasteiger charge is -2.31. The van der Waals surface area contributed by atoms with Gasteiger partial charge < -0.3 is 14.2 Å². The van der Waals surface area contributed by atoms with Crippen LogP contribution >= 0.6 is 0 Å². The second-order valence-electron chi connectivity index (χ2n) is 4.87. The van der Waals surface area contributed by atoms with Gasteiger partial charge in [0.2, 0.25) is 0 Å². The average Bonchev–Trinajstić information content (AvgIpc) is 2.81. The van der Waals surface area contributed by atoms with Gasteiger partial charge in [0.05, 0.1) is 13.0 Å². The Kier molecular flexibility index (Phi) is 4.36. The number of imidazole rings is 1. The van der Waals surface area contributed by atoms with E-state index in [2.05, 4.69) is 9.88 Å². The molecule has 100 valence electrons. The third-order valence-electron chi connectivity index (χ3n) is 3.61. The number of aryl methyl sites for hydroxylation is 1. The number of nitrogens with zero attached hydrogens (tertiary/aromatic N) is 3. The molecule has 1 aliphatic rings. The number of hydrogen-bond acceptors (Lipinski definition) is 4. The van der Waals surface area contributed by atoms with Gasteiger partial charge in [0, 0.05) is 39.0 Å². The maximum atomic E-state index is 11.5. The highest BCUT2D eigenvalue weighted by Crippen LogP contribution is 2.17. The Morgan fingerprint density at radius 1 is 1.61 bits per heavy atom. The van der Waals surface area contributed by atoms with Crippen LogP contribution in [0.1, 0.15) is 18.7 Å². The van der Waals surface area contributed by atoms with Crippen molar-refractivity contribution in [2.45, 2.75) is 19.3 Å². The zero-order valence-corrected chi connectivity index (χ0v) is 11.1. The number of ether oxygens (including phenoxy) is 1. The van der Waals surface area contributed by atoms with E-state index in [0.717, 1.165) is 44.7 Å². The molecule has 0 N–H and O–H groups in total. The predicted molar refractivity (Wildman–Crippen MR) is 68.1 cm³/mol. The lowest BCUT2D eigenvalue weighted by atomic mass is 9.98. The zero-order chi connectivity index (χ0) is 13.0. The summed E-state index contributed by atoms with van der Waals surface area (Å²) in [5.74, 6) is 1.07. The van der Waals surface area contributed by atoms with E-state index in [1.807, 2.05) is 24.0 Å². The van der Waals surface area contributed by atoms with Crippen LogP contribution in [-0.4, -0.2) is 47.2 Å². The molecule has 2 heterocycles. The van der Waals surface area contributed by atoms with Crippen LogP contribution in [0.3, 0.4) is 0 Å². The number of likely N-dealkylation sites (tertiary alicyclic amines) is 1. The Bertz CT molecular complexity index is 403. The second kappa shape index (κ2) is 6.00. The van der Waals surface area contributed by atoms with Gasteiger partial charge in [-0.3, -0.25) is 4.79 Å². The van der Waals surface area contributed by atoms with Crippen molar-refractivity contribution in [3.05, 3.63) is 18.2 Å². The molecule has 1 atom stereocenters. The Morgan fingerprint density at radius 2 is 2.44 bits per heavy atom. The summed E-state index contributed by atoms with van der Waals surface area (Å²) in [4.78, 5) is 18.2. The zero-order valence-electron chi connectivity index (χ0n) is 11.1. The molecule has 0 aliphatic carbocycles. The number of esters is 1. The molecule has 5 heteroatoms. The fourth-order valence-electron chi connectivity index (χ4n) is 2.51. The molecule has 0 aromatic carbocycles. The lowest BCUT2D eigenvalue weighted by molar-refractivity contribution is -0.147. The quantitative estimate of drug-likeness (QED) is 0.744. The number of carbonyl (C=O) groups excluding carboxylic acids is 1. The van der Waals surface area contributed by atoms with E-state index in [9.17, 15) is 4.79 Å². The van der Waals surface area contributed by atoms with Crippen molar-refractivity contribution in [3.8, 4) is 0 Å². The maximum absolute atomic E-state index is 11.5. The Balaban J connectivity index is 1.83. The Hall–Kier alpha value is -1.36. The molecule has 18 heavy (non-hydrogen) atoms. The Morgan fingerprint density at radius 3 is 3.11 bits per heavy atom. The molecular weight excluding hydrogens is 230 g/mol. The maximum Gasteiger partial charge on any atom is 0.309 e. The summed E-state index contributed by atoms with van der Waals surface area (Å²) in [6.45, 7) is 2.84. The number of piperidine rings is 1. The van der Waals surface area contributed by atoms with Gasteiger partial charge in [0.25, 0.3) is 0 Å². The summed E-state index contributed by atoms with van der Waals surface area (Å²) in [6.07, 6.45) is 6.73. The van der Waals surface area contributed by atoms with Crippen LogP contribution < -0.4 is 0 Å². The van der Waals surface area contributed by atoms with Crippen LogP contribution in [0.15, 0.2) is 12.4 Å². The standard InChI is InChI=1S/C13H21N3O2/c1-15-9-6-14-12(15)5-8-16-7-3-4-11(10-16)13(17)18-2/h6,9,11H,3-5,7-8,10H2,1-2H3/t11-/m0/s1. The third kappa shape index (κ3) is 3.10. The summed E-state index contributed by atoms with van der Waals surface area (Å²) in [5, 5.41) is 0. The molecule has 1 aromatic rings. The second-order valence-corrected chi connectivity index (χ2v) is 4.87. The summed E-state index contributed by atoms with van der Waals surface area (Å²) in [5.41, 5.74) is 0. The summed E-state index contributed by atoms with van der Waals surface area (Å²) >= 11 is 0. The minimum atomic E-state index is -0.0725. The number of hydrogen-bond donors (Lipinski definition) is 0. The van der Waals surface area contributed by atoms with E-state index in [-0.39, 0.29) is 11.9 Å². The minimum Gasteiger partial charge on any atom is -0.469 e. The van der Waals surface area contributed by atoms with Crippen molar-refractivity contribution in [3.63, 3.8) is 0 Å². The van der Waals surface area contributed by atoms with Crippen molar-refractivity contribution >= 4 is 5.97 Å². The molecule has 1 fully saturated rings. The van der Waals surface area contributed by atoms with Crippen molar-refractivity contribution in [1.82, 2.24) is 14.5 Å². The van der Waals surface area contributed by atoms with Crippen LogP contribution in [0.4, 0.5) is 0 Å². The van der Waals surface area contributed by atoms with Crippen molar-refractivity contribution in [2.24, 2.45) is 13.0 Å². The molecule has 0 amide bonds. The molecule has 0 unspecified atom stereocenters. The molecule has 0 saturated carbocycles. The topological polar surface area (TPSA) is 47.4 Å². The van der Waals surface area contributed by atoms with Crippen molar-refractivity contribution < 1.29 is 9.53 Å². The fraction of sp³-hybridized carbons (Fsp3) is 0.692. The number of aromatic nitrogens is 2. The lowest BCUT2D eigenvalue weighted by Crippen LogP contribution is -2.40. The van der Waals surface area contributed by atoms with E-state index < -0.39 is 0 Å². The summed E-state index contributed by atoms with van der Waals surface area (Å²) < 4.78 is 6.87. The Labute approximate surface area is 108 Å². The molecule has 0 bridgehead atoms. The highest BCUT2D eigenvalue weighted by molar-refractivity contribution is 5.72. The van der Waals surface area contributed by atoms with Gasteiger partial charge in [0.1, 0.15) is 5.82 Å². The number of methoxy groups -OCH3 is 1. The van der Waals surface area contributed by atoms with Gasteiger partial charge in [0.15, 0.2) is 0 Å². The number of carbonyl (C=O) groups is 1. The van der Waals surface area contributed by atoms with Gasteiger partial charge in [-0.15, -0.1) is 0 Å². The van der Waals surface area contributed by atoms with Gasteiger partial charge in [-0.2, -0.15) is 0 Å². The first-order valence-corrected chi connectivity index (χ1v) is 6.47. The molecule has 1 aliphatic heterocycles. The summed E-state index contributed by atoms with van der Waals surface area (Å²) in [7, 11) is 3.48. The molecule has 1 aromatic heterocycles. The first-order chi connectivity index (χ1) is 8.70. The van der Waals surface area contributed by atoms with Crippen LogP contribution in [0.5, 0.6) is 0 Å². The van der Waals surface area contributed by atoms with E-state index in [0.29, 0.717) is 0 Å². The van der Waals surface area contributed by atoms with Gasteiger partial charge >= 0.3 is 5.97 Å². The van der Waals surface area contributed by atoms with Crippen molar-refractivity contribution in [2.75, 3.05) is 26.7 Å². The molecular formula is C13H21N3O2. The van der Waals surface area contributed by atoms with Crippen LogP contribution in [-0.2, 0) is 23.0 Å². The predicted octanol–water partition coefficient (Wildman–Crippen LogP) is 0.848. The molecule has 0 radical (unpaired) electrons. The third-order valence-corrected chi connectivity index (χ3v) is 3.61. The first kappa shape index (κ1) is 13.1. The SMILES string of the molecule is COC(=O)[C@H]1CCCN(CCc2nccn2C)C1. The first-order valence-electron chi connectivity index (χ1n) is 6.47. The molecule has 0 spiro atoms. The van der Waals surface area contributed by atoms with E-state index in [1.165, 1.54) is 7.11 Å². The van der Waals surface area contributed by atoms with Crippen LogP contribution in [0.2, 0.25) is 0 Å². The minimum absolute atomic E-state index is 0.0464. The van der Waals surface area contributed by atoms with E-state index in [4.69, 9.17) is 4.74 Å². The average molecular weight is 251 g/mol. The molecule has 5 nitrogen and oxygen atoms in total. The van der Waals surface area contributed by atoms with Crippen molar-refractivity contribution in [1.29, 1.82) is 0 Å². The van der Waals surface area contributed by atoms with E-state index >= 15 is 0 Å². The van der Waals surface area contributed by atoms with Crippen LogP contribution in [0, 0.1) is 5.92 Å². The molecule has 2 rings (SSSR count). The monoisotopic (exact) mass is 251 g/mol. The largest absolute Gasteiger partial charge is 0.469 e. The van der Waals surface area contributed by atoms with Gasteiger partial charge in [-0.1, -0.05) is 0 Å². The van der Waals surface area contributed by atoms with E-state index in [1.54, 1.807) is 0 Å². The molecule has 1 saturated heterocycles.